The van der Waals surface area contributed by atoms with Gasteiger partial charge in [0, 0.05) is 31.0 Å². The van der Waals surface area contributed by atoms with Crippen LogP contribution in [0.4, 0.5) is 15.3 Å². The summed E-state index contributed by atoms with van der Waals surface area (Å²) in [7, 11) is 0. The van der Waals surface area contributed by atoms with Gasteiger partial charge in [0.05, 0.1) is 22.1 Å². The van der Waals surface area contributed by atoms with Gasteiger partial charge in [-0.15, -0.1) is 11.8 Å². The molecule has 0 saturated carbocycles. The molecule has 1 aromatic rings. The smallest absolute Gasteiger partial charge is 0.445 e. The second kappa shape index (κ2) is 13.8. The number of alkyl carbamates (subject to hydrolysis) is 1. The number of nitro groups is 1. The Morgan fingerprint density at radius 2 is 2.05 bits per heavy atom. The molecule has 3 rings (SSSR count). The lowest BCUT2D eigenvalue weighted by atomic mass is 9.80. The van der Waals surface area contributed by atoms with Crippen molar-refractivity contribution in [3.05, 3.63) is 52.6 Å². The van der Waals surface area contributed by atoms with Gasteiger partial charge in [0.2, 0.25) is 5.91 Å². The van der Waals surface area contributed by atoms with Gasteiger partial charge in [0.15, 0.2) is 5.78 Å². The zero-order chi connectivity index (χ0) is 27.7. The van der Waals surface area contributed by atoms with Crippen molar-refractivity contribution in [3.63, 3.8) is 0 Å². The molecule has 5 unspecified atom stereocenters. The third-order valence-electron chi connectivity index (χ3n) is 5.91. The highest BCUT2D eigenvalue weighted by Crippen LogP contribution is 2.31. The first kappa shape index (κ1) is 28.9. The van der Waals surface area contributed by atoms with Gasteiger partial charge in [0.25, 0.3) is 5.69 Å². The number of nitro benzene ring substituents is 1. The van der Waals surface area contributed by atoms with Crippen LogP contribution in [0.2, 0.25) is 0 Å². The van der Waals surface area contributed by atoms with Crippen molar-refractivity contribution in [2.24, 2.45) is 5.92 Å². The molecule has 0 radical (unpaired) electrons. The number of carbonyl (C=O) groups is 4. The topological polar surface area (TPSA) is 172 Å². The van der Waals surface area contributed by atoms with Crippen LogP contribution in [0.5, 0.6) is 0 Å². The molecule has 1 aromatic carbocycles. The highest BCUT2D eigenvalue weighted by molar-refractivity contribution is 8.00. The summed E-state index contributed by atoms with van der Waals surface area (Å²) in [6, 6.07) is 5.03. The highest BCUT2D eigenvalue weighted by atomic mass is 32.2. The number of Topliss-reactive ketones (excluding diaryl/α,β-unsaturated/α-hetero) is 1. The lowest BCUT2D eigenvalue weighted by Crippen LogP contribution is -2.70. The Hall–Kier alpha value is -3.65. The molecule has 0 aliphatic carbocycles. The minimum absolute atomic E-state index is 0.0265. The molecule has 2 saturated heterocycles. The minimum Gasteiger partial charge on any atom is -0.445 e. The Kier molecular flexibility index (Phi) is 10.5. The van der Waals surface area contributed by atoms with Crippen LogP contribution < -0.4 is 10.6 Å². The lowest BCUT2D eigenvalue weighted by molar-refractivity contribution is -0.384. The van der Waals surface area contributed by atoms with Gasteiger partial charge in [0.1, 0.15) is 25.4 Å². The van der Waals surface area contributed by atoms with Crippen LogP contribution in [0, 0.1) is 16.0 Å². The van der Waals surface area contributed by atoms with Crippen LogP contribution in [0.15, 0.2) is 36.9 Å². The molecule has 206 valence electrons. The molecule has 2 aliphatic rings. The molecular formula is C24H29N3O10S. The van der Waals surface area contributed by atoms with Crippen LogP contribution >= 0.6 is 11.8 Å². The van der Waals surface area contributed by atoms with Crippen LogP contribution in [0.25, 0.3) is 0 Å². The molecule has 38 heavy (non-hydrogen) atoms. The summed E-state index contributed by atoms with van der Waals surface area (Å²) < 4.78 is 20.7. The molecule has 0 bridgehead atoms. The van der Waals surface area contributed by atoms with Crippen LogP contribution in [0.3, 0.4) is 0 Å². The first-order valence-electron chi connectivity index (χ1n) is 11.9. The summed E-state index contributed by atoms with van der Waals surface area (Å²) in [6.07, 6.45) is -1.41. The van der Waals surface area contributed by atoms with Gasteiger partial charge in [-0.3, -0.25) is 19.7 Å². The van der Waals surface area contributed by atoms with Gasteiger partial charge < -0.3 is 29.6 Å². The van der Waals surface area contributed by atoms with Gasteiger partial charge in [-0.05, 0) is 31.0 Å². The van der Waals surface area contributed by atoms with E-state index in [1.54, 1.807) is 6.92 Å². The second-order valence-electron chi connectivity index (χ2n) is 8.50. The van der Waals surface area contributed by atoms with E-state index in [9.17, 15) is 29.3 Å². The standard InChI is InChI=1S/C24H29N3O10S/c1-3-10-35-24(31)37-14(2)18-19(26-22(18)29)21-20(28)17(8-11-34-21)38-12-9-25-23(30)36-13-15-4-6-16(7-5-15)27(32)33/h3-7,14,17-19,21H,1,8-13H2,2H3,(H,25,30)(H,26,29). The largest absolute Gasteiger partial charge is 0.508 e. The number of ketones is 1. The monoisotopic (exact) mass is 551 g/mol. The average molecular weight is 552 g/mol. The number of β-lactam (4-membered cyclic amide) rings is 1. The van der Waals surface area contributed by atoms with Crippen LogP contribution in [0.1, 0.15) is 18.9 Å². The molecule has 14 heteroatoms. The third kappa shape index (κ3) is 7.68. The maximum Gasteiger partial charge on any atom is 0.508 e. The Morgan fingerprint density at radius 1 is 1.32 bits per heavy atom. The van der Waals surface area contributed by atoms with E-state index >= 15 is 0 Å². The number of hydrogen-bond acceptors (Lipinski definition) is 11. The Labute approximate surface area is 222 Å². The minimum atomic E-state index is -0.932. The summed E-state index contributed by atoms with van der Waals surface area (Å²) in [6.45, 7) is 5.49. The van der Waals surface area contributed by atoms with Gasteiger partial charge in [-0.25, -0.2) is 9.59 Å². The zero-order valence-electron chi connectivity index (χ0n) is 20.7. The van der Waals surface area contributed by atoms with E-state index in [4.69, 9.17) is 18.9 Å². The summed E-state index contributed by atoms with van der Waals surface area (Å²) in [5.41, 5.74) is 0.552. The number of hydrogen-bond donors (Lipinski definition) is 2. The molecule has 2 N–H and O–H groups in total. The average Bonchev–Trinajstić information content (AvgIpc) is 2.88. The van der Waals surface area contributed by atoms with E-state index in [-0.39, 0.29) is 37.1 Å². The van der Waals surface area contributed by atoms with E-state index in [1.165, 1.54) is 42.1 Å². The van der Waals surface area contributed by atoms with Crippen molar-refractivity contribution >= 4 is 41.4 Å². The van der Waals surface area contributed by atoms with Gasteiger partial charge >= 0.3 is 12.2 Å². The van der Waals surface area contributed by atoms with Crippen LogP contribution in [-0.4, -0.2) is 77.9 Å². The SMILES string of the molecule is C=CCOC(=O)OC(C)C1C(=O)NC1C1OCCC(SCCNC(=O)OCc2ccc([N+](=O)[O-])cc2)C1=O. The summed E-state index contributed by atoms with van der Waals surface area (Å²) in [5.74, 6) is -0.846. The Morgan fingerprint density at radius 3 is 2.71 bits per heavy atom. The van der Waals surface area contributed by atoms with E-state index in [1.807, 2.05) is 0 Å². The number of carbonyl (C=O) groups excluding carboxylic acids is 4. The highest BCUT2D eigenvalue weighted by Gasteiger charge is 2.53. The molecule has 5 atom stereocenters. The number of benzene rings is 1. The van der Waals surface area contributed by atoms with Gasteiger partial charge in [-0.1, -0.05) is 12.7 Å². The fraction of sp³-hybridized carbons (Fsp3) is 0.500. The van der Waals surface area contributed by atoms with E-state index in [2.05, 4.69) is 17.2 Å². The van der Waals surface area contributed by atoms with Crippen molar-refractivity contribution in [1.29, 1.82) is 0 Å². The van der Waals surface area contributed by atoms with Crippen molar-refractivity contribution < 1.29 is 43.0 Å². The number of thioether (sulfide) groups is 1. The molecule has 2 aliphatic heterocycles. The number of amides is 2. The molecule has 0 aromatic heterocycles. The fourth-order valence-corrected chi connectivity index (χ4v) is 5.06. The second-order valence-corrected chi connectivity index (χ2v) is 9.81. The van der Waals surface area contributed by atoms with E-state index in [0.29, 0.717) is 24.3 Å². The summed E-state index contributed by atoms with van der Waals surface area (Å²) in [4.78, 5) is 59.0. The first-order chi connectivity index (χ1) is 18.2. The van der Waals surface area contributed by atoms with Crippen molar-refractivity contribution in [2.75, 3.05) is 25.5 Å². The molecule has 2 amide bonds. The maximum absolute atomic E-state index is 13.1. The molecular weight excluding hydrogens is 522 g/mol. The fourth-order valence-electron chi connectivity index (χ4n) is 4.00. The number of nitrogens with zero attached hydrogens (tertiary/aromatic N) is 1. The summed E-state index contributed by atoms with van der Waals surface area (Å²) in [5, 5.41) is 15.6. The normalized spacial score (nSPS) is 23.3. The predicted octanol–water partition coefficient (Wildman–Crippen LogP) is 2.12. The van der Waals surface area contributed by atoms with Crippen molar-refractivity contribution in [3.8, 4) is 0 Å². The quantitative estimate of drug-likeness (QED) is 0.0973. The molecule has 2 fully saturated rings. The maximum atomic E-state index is 13.1. The number of ether oxygens (including phenoxy) is 4. The predicted molar refractivity (Wildman–Crippen MR) is 134 cm³/mol. The number of non-ortho nitro benzene ring substituents is 1. The zero-order valence-corrected chi connectivity index (χ0v) is 21.5. The molecule has 2 heterocycles. The van der Waals surface area contributed by atoms with Gasteiger partial charge in [-0.2, -0.15) is 0 Å². The Balaban J connectivity index is 1.40. The number of nitrogens with one attached hydrogen (secondary N) is 2. The lowest BCUT2D eigenvalue weighted by Gasteiger charge is -2.44. The summed E-state index contributed by atoms with van der Waals surface area (Å²) >= 11 is 1.36. The van der Waals surface area contributed by atoms with Crippen LogP contribution in [-0.2, 0) is 35.1 Å². The van der Waals surface area contributed by atoms with Crippen molar-refractivity contribution in [1.82, 2.24) is 10.6 Å². The Bertz CT molecular complexity index is 1050. The van der Waals surface area contributed by atoms with Crippen molar-refractivity contribution in [2.45, 2.75) is 43.5 Å². The first-order valence-corrected chi connectivity index (χ1v) is 12.9. The van der Waals surface area contributed by atoms with E-state index < -0.39 is 46.6 Å². The number of rotatable bonds is 12. The van der Waals surface area contributed by atoms with E-state index in [0.717, 1.165) is 0 Å². The third-order valence-corrected chi connectivity index (χ3v) is 7.22. The molecule has 0 spiro atoms. The molecule has 13 nitrogen and oxygen atoms in total.